The minimum atomic E-state index is -1.07. The van der Waals surface area contributed by atoms with Crippen molar-refractivity contribution >= 4 is 5.91 Å². The molecule has 98 valence electrons. The van der Waals surface area contributed by atoms with Crippen LogP contribution >= 0.6 is 0 Å². The lowest BCUT2D eigenvalue weighted by Crippen LogP contribution is -2.58. The minimum absolute atomic E-state index is 0.201. The summed E-state index contributed by atoms with van der Waals surface area (Å²) in [6, 6.07) is 3.67. The summed E-state index contributed by atoms with van der Waals surface area (Å²) in [7, 11) is 0. The number of benzene rings is 1. The summed E-state index contributed by atoms with van der Waals surface area (Å²) in [5.41, 5.74) is -0.412. The van der Waals surface area contributed by atoms with E-state index in [0.717, 1.165) is 6.07 Å². The molecule has 1 saturated heterocycles. The Bertz CT molecular complexity index is 474. The fourth-order valence-corrected chi connectivity index (χ4v) is 2.15. The molecular weight excluding hydrogens is 238 g/mol. The molecule has 0 aliphatic carbocycles. The lowest BCUT2D eigenvalue weighted by atomic mass is 10.0. The number of nitrogens with one attached hydrogen (secondary N) is 1. The Morgan fingerprint density at radius 1 is 1.39 bits per heavy atom. The Kier molecular flexibility index (Phi) is 3.34. The lowest BCUT2D eigenvalue weighted by Gasteiger charge is -2.39. The summed E-state index contributed by atoms with van der Waals surface area (Å²) in [4.78, 5) is 13.7. The Hall–Kier alpha value is -1.49. The van der Waals surface area contributed by atoms with Gasteiger partial charge in [0.15, 0.2) is 11.6 Å². The number of amides is 1. The molecule has 1 aromatic rings. The molecule has 3 nitrogen and oxygen atoms in total. The maximum absolute atomic E-state index is 13.6. The van der Waals surface area contributed by atoms with E-state index in [2.05, 4.69) is 5.32 Å². The van der Waals surface area contributed by atoms with E-state index in [1.165, 1.54) is 12.1 Å². The van der Waals surface area contributed by atoms with Crippen LogP contribution in [0.5, 0.6) is 0 Å². The van der Waals surface area contributed by atoms with Gasteiger partial charge in [0.2, 0.25) is 0 Å². The largest absolute Gasteiger partial charge is 0.335 e. The molecule has 0 radical (unpaired) electrons. The second-order valence-corrected chi connectivity index (χ2v) is 5.14. The predicted octanol–water partition coefficient (Wildman–Crippen LogP) is 1.79. The average Bonchev–Trinajstić information content (AvgIpc) is 2.30. The van der Waals surface area contributed by atoms with E-state index in [9.17, 15) is 13.6 Å². The quantitative estimate of drug-likeness (QED) is 0.828. The van der Waals surface area contributed by atoms with Gasteiger partial charge in [-0.25, -0.2) is 8.78 Å². The number of nitrogens with zero attached hydrogens (tertiary/aromatic N) is 1. The van der Waals surface area contributed by atoms with Gasteiger partial charge in [0.05, 0.1) is 5.56 Å². The molecule has 1 amide bonds. The third-order valence-electron chi connectivity index (χ3n) is 3.04. The summed E-state index contributed by atoms with van der Waals surface area (Å²) in [6.45, 7) is 5.55. The molecule has 2 rings (SSSR count). The highest BCUT2D eigenvalue weighted by molar-refractivity contribution is 5.94. The van der Waals surface area contributed by atoms with E-state index in [-0.39, 0.29) is 11.1 Å². The van der Waals surface area contributed by atoms with Gasteiger partial charge in [0.1, 0.15) is 0 Å². The van der Waals surface area contributed by atoms with Crippen molar-refractivity contribution in [2.75, 3.05) is 19.6 Å². The van der Waals surface area contributed by atoms with Crippen molar-refractivity contribution in [1.82, 2.24) is 10.2 Å². The molecule has 0 unspecified atom stereocenters. The summed E-state index contributed by atoms with van der Waals surface area (Å²) in [5.74, 6) is -2.52. The van der Waals surface area contributed by atoms with Crippen LogP contribution in [0.25, 0.3) is 0 Å². The van der Waals surface area contributed by atoms with Crippen molar-refractivity contribution in [1.29, 1.82) is 0 Å². The van der Waals surface area contributed by atoms with Crippen LogP contribution in [0.1, 0.15) is 24.2 Å². The van der Waals surface area contributed by atoms with Crippen molar-refractivity contribution in [3.63, 3.8) is 0 Å². The van der Waals surface area contributed by atoms with Gasteiger partial charge >= 0.3 is 0 Å². The molecule has 1 heterocycles. The number of rotatable bonds is 1. The molecule has 1 N–H and O–H groups in total. The van der Waals surface area contributed by atoms with Gasteiger partial charge in [-0.15, -0.1) is 0 Å². The standard InChI is InChI=1S/C13H16F2N2O/c1-13(2)8-17(7-6-16-13)12(18)9-4-3-5-10(14)11(9)15/h3-5,16H,6-8H2,1-2H3. The van der Waals surface area contributed by atoms with Gasteiger partial charge in [0.25, 0.3) is 5.91 Å². The molecule has 0 atom stereocenters. The third kappa shape index (κ3) is 2.51. The maximum atomic E-state index is 13.6. The Morgan fingerprint density at radius 2 is 2.11 bits per heavy atom. The van der Waals surface area contributed by atoms with Gasteiger partial charge in [-0.2, -0.15) is 0 Å². The molecule has 0 spiro atoms. The Balaban J connectivity index is 2.23. The highest BCUT2D eigenvalue weighted by Crippen LogP contribution is 2.17. The van der Waals surface area contributed by atoms with Crippen LogP contribution in [0.4, 0.5) is 8.78 Å². The van der Waals surface area contributed by atoms with Gasteiger partial charge in [-0.05, 0) is 26.0 Å². The van der Waals surface area contributed by atoms with E-state index >= 15 is 0 Å². The highest BCUT2D eigenvalue weighted by atomic mass is 19.2. The highest BCUT2D eigenvalue weighted by Gasteiger charge is 2.30. The summed E-state index contributed by atoms with van der Waals surface area (Å²) in [5, 5.41) is 3.26. The summed E-state index contributed by atoms with van der Waals surface area (Å²) < 4.78 is 26.7. The molecule has 0 saturated carbocycles. The van der Waals surface area contributed by atoms with Crippen molar-refractivity contribution in [2.24, 2.45) is 0 Å². The molecule has 18 heavy (non-hydrogen) atoms. The van der Waals surface area contributed by atoms with Gasteiger partial charge < -0.3 is 10.2 Å². The number of piperazine rings is 1. The molecule has 1 fully saturated rings. The second kappa shape index (κ2) is 4.65. The Morgan fingerprint density at radius 3 is 2.78 bits per heavy atom. The van der Waals surface area contributed by atoms with Gasteiger partial charge in [-0.3, -0.25) is 4.79 Å². The fourth-order valence-electron chi connectivity index (χ4n) is 2.15. The van der Waals surface area contributed by atoms with Crippen LogP contribution in [0.2, 0.25) is 0 Å². The third-order valence-corrected chi connectivity index (χ3v) is 3.04. The zero-order chi connectivity index (χ0) is 13.3. The topological polar surface area (TPSA) is 32.3 Å². The van der Waals surface area contributed by atoms with Crippen LogP contribution < -0.4 is 5.32 Å². The van der Waals surface area contributed by atoms with Crippen LogP contribution in [0.15, 0.2) is 18.2 Å². The van der Waals surface area contributed by atoms with E-state index in [1.807, 2.05) is 13.8 Å². The first-order valence-corrected chi connectivity index (χ1v) is 5.89. The molecule has 1 aliphatic heterocycles. The van der Waals surface area contributed by atoms with Crippen molar-refractivity contribution < 1.29 is 13.6 Å². The molecule has 1 aromatic carbocycles. The zero-order valence-corrected chi connectivity index (χ0v) is 10.5. The van der Waals surface area contributed by atoms with E-state index in [1.54, 1.807) is 4.90 Å². The van der Waals surface area contributed by atoms with E-state index in [0.29, 0.717) is 19.6 Å². The molecule has 0 aromatic heterocycles. The van der Waals surface area contributed by atoms with Gasteiger partial charge in [0, 0.05) is 25.2 Å². The monoisotopic (exact) mass is 254 g/mol. The zero-order valence-electron chi connectivity index (χ0n) is 10.5. The predicted molar refractivity (Wildman–Crippen MR) is 64.3 cm³/mol. The van der Waals surface area contributed by atoms with E-state index < -0.39 is 17.5 Å². The number of carbonyl (C=O) groups excluding carboxylic acids is 1. The fraction of sp³-hybridized carbons (Fsp3) is 0.462. The SMILES string of the molecule is CC1(C)CN(C(=O)c2cccc(F)c2F)CCN1. The first kappa shape index (κ1) is 13.0. The van der Waals surface area contributed by atoms with Crippen molar-refractivity contribution in [3.05, 3.63) is 35.4 Å². The number of carbonyl (C=O) groups is 1. The number of hydrogen-bond donors (Lipinski definition) is 1. The normalized spacial score (nSPS) is 18.8. The van der Waals surface area contributed by atoms with Gasteiger partial charge in [-0.1, -0.05) is 6.07 Å². The first-order chi connectivity index (χ1) is 8.41. The minimum Gasteiger partial charge on any atom is -0.335 e. The van der Waals surface area contributed by atoms with Crippen molar-refractivity contribution in [2.45, 2.75) is 19.4 Å². The second-order valence-electron chi connectivity index (χ2n) is 5.14. The summed E-state index contributed by atoms with van der Waals surface area (Å²) >= 11 is 0. The molecule has 0 bridgehead atoms. The van der Waals surface area contributed by atoms with Crippen LogP contribution in [0.3, 0.4) is 0 Å². The number of halogens is 2. The smallest absolute Gasteiger partial charge is 0.257 e. The average molecular weight is 254 g/mol. The lowest BCUT2D eigenvalue weighted by molar-refractivity contribution is 0.0646. The Labute approximate surface area is 105 Å². The number of hydrogen-bond acceptors (Lipinski definition) is 2. The van der Waals surface area contributed by atoms with Crippen LogP contribution in [-0.4, -0.2) is 36.0 Å². The van der Waals surface area contributed by atoms with Crippen LogP contribution in [-0.2, 0) is 0 Å². The van der Waals surface area contributed by atoms with E-state index in [4.69, 9.17) is 0 Å². The summed E-state index contributed by atoms with van der Waals surface area (Å²) in [6.07, 6.45) is 0. The molecule has 1 aliphatic rings. The maximum Gasteiger partial charge on any atom is 0.257 e. The van der Waals surface area contributed by atoms with Crippen LogP contribution in [0, 0.1) is 11.6 Å². The molecule has 5 heteroatoms. The first-order valence-electron chi connectivity index (χ1n) is 5.89. The molecular formula is C13H16F2N2O. The van der Waals surface area contributed by atoms with Crippen molar-refractivity contribution in [3.8, 4) is 0 Å².